The molecule has 1 aromatic heterocycles. The Morgan fingerprint density at radius 3 is 2.42 bits per heavy atom. The number of hydrogen-bond acceptors (Lipinski definition) is 4. The molecule has 0 aliphatic carbocycles. The first-order chi connectivity index (χ1) is 14.9. The second kappa shape index (κ2) is 10.6. The van der Waals surface area contributed by atoms with E-state index in [9.17, 15) is 13.6 Å². The molecule has 166 valence electrons. The minimum Gasteiger partial charge on any atom is -0.489 e. The summed E-state index contributed by atoms with van der Waals surface area (Å²) in [6.07, 6.45) is 3.94. The Kier molecular flexibility index (Phi) is 7.92. The third-order valence-corrected chi connectivity index (χ3v) is 5.17. The molecule has 0 radical (unpaired) electrons. The SMILES string of the molecule is CCS.NC(=O)c1cc(OCc2cc(F)cc(F)c2)cc2c(C3CCNCC3)c[nH]c12. The Morgan fingerprint density at radius 2 is 1.81 bits per heavy atom. The second-order valence-corrected chi connectivity index (χ2v) is 8.04. The zero-order chi connectivity index (χ0) is 22.4. The molecule has 1 amide bonds. The maximum Gasteiger partial charge on any atom is 0.250 e. The highest BCUT2D eigenvalue weighted by atomic mass is 32.1. The molecule has 4 rings (SSSR count). The summed E-state index contributed by atoms with van der Waals surface area (Å²) in [5.41, 5.74) is 8.07. The third-order valence-electron chi connectivity index (χ3n) is 5.17. The van der Waals surface area contributed by atoms with Gasteiger partial charge in [-0.1, -0.05) is 6.92 Å². The van der Waals surface area contributed by atoms with E-state index in [1.807, 2.05) is 19.2 Å². The predicted molar refractivity (Wildman–Crippen MR) is 122 cm³/mol. The minimum atomic E-state index is -0.661. The molecule has 0 atom stereocenters. The molecule has 0 bridgehead atoms. The molecule has 5 nitrogen and oxygen atoms in total. The van der Waals surface area contributed by atoms with Crippen molar-refractivity contribution in [3.63, 3.8) is 0 Å². The van der Waals surface area contributed by atoms with Gasteiger partial charge in [-0.15, -0.1) is 0 Å². The van der Waals surface area contributed by atoms with Gasteiger partial charge in [-0.3, -0.25) is 4.79 Å². The summed E-state index contributed by atoms with van der Waals surface area (Å²) in [7, 11) is 0. The maximum absolute atomic E-state index is 13.4. The Labute approximate surface area is 185 Å². The molecule has 1 fully saturated rings. The van der Waals surface area contributed by atoms with Gasteiger partial charge in [-0.05, 0) is 73.0 Å². The van der Waals surface area contributed by atoms with Crippen LogP contribution in [-0.4, -0.2) is 29.7 Å². The van der Waals surface area contributed by atoms with Crippen molar-refractivity contribution in [3.8, 4) is 5.75 Å². The summed E-state index contributed by atoms with van der Waals surface area (Å²) in [6.45, 7) is 3.86. The molecule has 0 unspecified atom stereocenters. The van der Waals surface area contributed by atoms with Crippen molar-refractivity contribution in [2.75, 3.05) is 18.8 Å². The Morgan fingerprint density at radius 1 is 1.16 bits per heavy atom. The topological polar surface area (TPSA) is 80.1 Å². The number of rotatable bonds is 5. The summed E-state index contributed by atoms with van der Waals surface area (Å²) in [5, 5.41) is 4.24. The van der Waals surface area contributed by atoms with Crippen LogP contribution >= 0.6 is 12.6 Å². The molecule has 1 saturated heterocycles. The number of fused-ring (bicyclic) bond motifs is 1. The summed E-state index contributed by atoms with van der Waals surface area (Å²) in [6, 6.07) is 6.65. The number of benzene rings is 2. The lowest BCUT2D eigenvalue weighted by atomic mass is 9.89. The summed E-state index contributed by atoms with van der Waals surface area (Å²) < 4.78 is 32.5. The molecule has 0 spiro atoms. The molecule has 8 heteroatoms. The lowest BCUT2D eigenvalue weighted by Gasteiger charge is -2.22. The number of hydrogen-bond donors (Lipinski definition) is 4. The molecule has 2 aromatic carbocycles. The van der Waals surface area contributed by atoms with Crippen molar-refractivity contribution in [3.05, 3.63) is 64.9 Å². The first-order valence-corrected chi connectivity index (χ1v) is 10.9. The molecular formula is C23H27F2N3O2S. The smallest absolute Gasteiger partial charge is 0.250 e. The van der Waals surface area contributed by atoms with Crippen molar-refractivity contribution in [2.24, 2.45) is 5.73 Å². The molecule has 31 heavy (non-hydrogen) atoms. The van der Waals surface area contributed by atoms with E-state index in [1.54, 1.807) is 6.07 Å². The first kappa shape index (κ1) is 23.1. The van der Waals surface area contributed by atoms with E-state index >= 15 is 0 Å². The van der Waals surface area contributed by atoms with Crippen LogP contribution < -0.4 is 15.8 Å². The number of nitrogens with two attached hydrogens (primary N) is 1. The van der Waals surface area contributed by atoms with Gasteiger partial charge in [0.05, 0.1) is 11.1 Å². The Bertz CT molecular complexity index is 1030. The normalized spacial score (nSPS) is 14.2. The molecule has 1 aliphatic heterocycles. The molecule has 3 aromatic rings. The standard InChI is InChI=1S/C21H21F2N3O2.C2H6S/c22-14-5-12(6-15(23)7-14)11-28-16-8-17-19(13-1-3-25-4-2-13)10-26-20(17)18(9-16)21(24)27;1-2-3/h5-10,13,25-26H,1-4,11H2,(H2,24,27);3H,2H2,1H3. The zero-order valence-electron chi connectivity index (χ0n) is 17.4. The first-order valence-electron chi connectivity index (χ1n) is 10.3. The third kappa shape index (κ3) is 5.77. The molecule has 1 aliphatic rings. The van der Waals surface area contributed by atoms with Gasteiger partial charge < -0.3 is 20.8 Å². The van der Waals surface area contributed by atoms with Crippen LogP contribution in [0.4, 0.5) is 8.78 Å². The van der Waals surface area contributed by atoms with Crippen LogP contribution in [0.1, 0.15) is 47.2 Å². The Hall–Kier alpha value is -2.58. The summed E-state index contributed by atoms with van der Waals surface area (Å²) >= 11 is 3.79. The predicted octanol–water partition coefficient (Wildman–Crippen LogP) is 4.53. The van der Waals surface area contributed by atoms with E-state index in [0.717, 1.165) is 48.7 Å². The highest BCUT2D eigenvalue weighted by molar-refractivity contribution is 7.80. The number of carbonyl (C=O) groups excluding carboxylic acids is 1. The van der Waals surface area contributed by atoms with Gasteiger partial charge in [0.1, 0.15) is 24.0 Å². The van der Waals surface area contributed by atoms with Gasteiger partial charge in [-0.25, -0.2) is 8.78 Å². The highest BCUT2D eigenvalue weighted by Crippen LogP contribution is 2.35. The van der Waals surface area contributed by atoms with E-state index in [0.29, 0.717) is 28.3 Å². The molecule has 2 heterocycles. The second-order valence-electron chi connectivity index (χ2n) is 7.41. The van der Waals surface area contributed by atoms with Crippen molar-refractivity contribution in [1.29, 1.82) is 0 Å². The van der Waals surface area contributed by atoms with Gasteiger partial charge in [-0.2, -0.15) is 12.6 Å². The van der Waals surface area contributed by atoms with E-state index in [-0.39, 0.29) is 6.61 Å². The van der Waals surface area contributed by atoms with E-state index < -0.39 is 17.5 Å². The van der Waals surface area contributed by atoms with Gasteiger partial charge in [0.25, 0.3) is 5.91 Å². The lowest BCUT2D eigenvalue weighted by molar-refractivity contribution is 0.100. The van der Waals surface area contributed by atoms with Crippen molar-refractivity contribution in [1.82, 2.24) is 10.3 Å². The number of H-pyrrole nitrogens is 1. The summed E-state index contributed by atoms with van der Waals surface area (Å²) in [5.74, 6) is -0.133. The number of nitrogens with one attached hydrogen (secondary N) is 2. The minimum absolute atomic E-state index is 0.0223. The van der Waals surface area contributed by atoms with E-state index in [4.69, 9.17) is 10.5 Å². The summed E-state index contributed by atoms with van der Waals surface area (Å²) in [4.78, 5) is 15.1. The fourth-order valence-corrected chi connectivity index (χ4v) is 3.84. The number of primary amides is 1. The maximum atomic E-state index is 13.4. The van der Waals surface area contributed by atoms with Crippen molar-refractivity contribution in [2.45, 2.75) is 32.3 Å². The van der Waals surface area contributed by atoms with Crippen LogP contribution in [0.2, 0.25) is 0 Å². The quantitative estimate of drug-likeness (QED) is 0.434. The van der Waals surface area contributed by atoms with Crippen LogP contribution in [0.5, 0.6) is 5.75 Å². The Balaban J connectivity index is 0.000000858. The number of thiol groups is 1. The van der Waals surface area contributed by atoms with Crippen LogP contribution in [0.3, 0.4) is 0 Å². The van der Waals surface area contributed by atoms with Gasteiger partial charge in [0.2, 0.25) is 0 Å². The van der Waals surface area contributed by atoms with Crippen molar-refractivity contribution < 1.29 is 18.3 Å². The van der Waals surface area contributed by atoms with Gasteiger partial charge >= 0.3 is 0 Å². The van der Waals surface area contributed by atoms with Crippen LogP contribution in [0, 0.1) is 11.6 Å². The number of aromatic nitrogens is 1. The number of piperidine rings is 1. The average molecular weight is 448 g/mol. The van der Waals surface area contributed by atoms with Crippen molar-refractivity contribution >= 4 is 29.4 Å². The number of halogens is 2. The fraction of sp³-hybridized carbons (Fsp3) is 0.348. The lowest BCUT2D eigenvalue weighted by Crippen LogP contribution is -2.26. The monoisotopic (exact) mass is 447 g/mol. The number of carbonyl (C=O) groups is 1. The van der Waals surface area contributed by atoms with Crippen LogP contribution in [0.25, 0.3) is 10.9 Å². The number of amides is 1. The fourth-order valence-electron chi connectivity index (χ4n) is 3.84. The number of aromatic amines is 1. The van der Waals surface area contributed by atoms with E-state index in [1.165, 1.54) is 12.1 Å². The molecule has 0 saturated carbocycles. The van der Waals surface area contributed by atoms with Crippen LogP contribution in [0.15, 0.2) is 36.5 Å². The highest BCUT2D eigenvalue weighted by Gasteiger charge is 2.21. The zero-order valence-corrected chi connectivity index (χ0v) is 18.3. The van der Waals surface area contributed by atoms with Crippen LogP contribution in [-0.2, 0) is 6.61 Å². The van der Waals surface area contributed by atoms with E-state index in [2.05, 4.69) is 22.9 Å². The molecular weight excluding hydrogens is 420 g/mol. The molecule has 4 N–H and O–H groups in total. The van der Waals surface area contributed by atoms with Gasteiger partial charge in [0, 0.05) is 17.6 Å². The number of ether oxygens (including phenoxy) is 1. The van der Waals surface area contributed by atoms with Gasteiger partial charge in [0.15, 0.2) is 0 Å². The largest absolute Gasteiger partial charge is 0.489 e. The average Bonchev–Trinajstić information content (AvgIpc) is 3.16.